The van der Waals surface area contributed by atoms with E-state index in [4.69, 9.17) is 10.2 Å². The molecule has 1 saturated carbocycles. The molecule has 1 atom stereocenters. The summed E-state index contributed by atoms with van der Waals surface area (Å²) in [6, 6.07) is 1.83. The first-order chi connectivity index (χ1) is 9.02. The standard InChI is InChI=1S/C14H21Br2NO2/c1-2-9-3-5-14(8-17,6-4-9)12(18)11-7-10(15)13(16)19-11/h7,9,12,18H,2-6,8,17H2,1H3. The van der Waals surface area contributed by atoms with Gasteiger partial charge < -0.3 is 15.3 Å². The lowest BCUT2D eigenvalue weighted by Gasteiger charge is -2.41. The monoisotopic (exact) mass is 393 g/mol. The fraction of sp³-hybridized carbons (Fsp3) is 0.714. The normalized spacial score (nSPS) is 29.4. The third kappa shape index (κ3) is 3.09. The Morgan fingerprint density at radius 2 is 2.11 bits per heavy atom. The summed E-state index contributed by atoms with van der Waals surface area (Å²) in [6.07, 6.45) is 4.83. The number of nitrogens with two attached hydrogens (primary N) is 1. The maximum Gasteiger partial charge on any atom is 0.183 e. The number of furan rings is 1. The predicted octanol–water partition coefficient (Wildman–Crippen LogP) is 4.38. The van der Waals surface area contributed by atoms with E-state index < -0.39 is 6.10 Å². The van der Waals surface area contributed by atoms with Crippen molar-refractivity contribution < 1.29 is 9.52 Å². The molecule has 0 spiro atoms. The van der Waals surface area contributed by atoms with Crippen molar-refractivity contribution in [2.75, 3.05) is 6.54 Å². The highest BCUT2D eigenvalue weighted by Crippen LogP contribution is 2.48. The van der Waals surface area contributed by atoms with Crippen LogP contribution in [0.3, 0.4) is 0 Å². The summed E-state index contributed by atoms with van der Waals surface area (Å²) in [5, 5.41) is 10.7. The molecule has 1 unspecified atom stereocenters. The van der Waals surface area contributed by atoms with Crippen molar-refractivity contribution in [1.29, 1.82) is 0 Å². The number of halogens is 2. The van der Waals surface area contributed by atoms with Crippen LogP contribution in [0.1, 0.15) is 50.9 Å². The van der Waals surface area contributed by atoms with Gasteiger partial charge >= 0.3 is 0 Å². The first kappa shape index (κ1) is 15.5. The molecule has 1 aliphatic carbocycles. The van der Waals surface area contributed by atoms with E-state index in [9.17, 15) is 5.11 Å². The molecule has 19 heavy (non-hydrogen) atoms. The Morgan fingerprint density at radius 3 is 2.53 bits per heavy atom. The van der Waals surface area contributed by atoms with Crippen LogP contribution in [0.2, 0.25) is 0 Å². The number of hydrogen-bond donors (Lipinski definition) is 2. The lowest BCUT2D eigenvalue weighted by molar-refractivity contribution is -0.0233. The third-order valence-electron chi connectivity index (χ3n) is 4.60. The van der Waals surface area contributed by atoms with E-state index in [0.717, 1.165) is 36.1 Å². The van der Waals surface area contributed by atoms with Crippen LogP contribution < -0.4 is 5.73 Å². The Hall–Kier alpha value is 0.160. The molecule has 0 saturated heterocycles. The Bertz CT molecular complexity index is 406. The van der Waals surface area contributed by atoms with Crippen LogP contribution in [-0.4, -0.2) is 11.7 Å². The summed E-state index contributed by atoms with van der Waals surface area (Å²) in [6.45, 7) is 2.73. The minimum absolute atomic E-state index is 0.234. The molecular weight excluding hydrogens is 374 g/mol. The lowest BCUT2D eigenvalue weighted by Crippen LogP contribution is -2.40. The molecule has 108 valence electrons. The van der Waals surface area contributed by atoms with E-state index in [0.29, 0.717) is 17.0 Å². The molecule has 3 nitrogen and oxygen atoms in total. The minimum atomic E-state index is -0.627. The van der Waals surface area contributed by atoms with Gasteiger partial charge in [-0.2, -0.15) is 0 Å². The molecule has 0 radical (unpaired) electrons. The van der Waals surface area contributed by atoms with Crippen LogP contribution in [0.4, 0.5) is 0 Å². The Labute approximate surface area is 131 Å². The highest BCUT2D eigenvalue weighted by atomic mass is 79.9. The van der Waals surface area contributed by atoms with Gasteiger partial charge in [0.05, 0.1) is 4.47 Å². The largest absolute Gasteiger partial charge is 0.450 e. The van der Waals surface area contributed by atoms with Gasteiger partial charge in [-0.3, -0.25) is 0 Å². The number of hydrogen-bond acceptors (Lipinski definition) is 3. The second-order valence-electron chi connectivity index (χ2n) is 5.59. The van der Waals surface area contributed by atoms with Gasteiger partial charge in [0.15, 0.2) is 4.67 Å². The summed E-state index contributed by atoms with van der Waals surface area (Å²) in [7, 11) is 0. The second-order valence-corrected chi connectivity index (χ2v) is 7.17. The predicted molar refractivity (Wildman–Crippen MR) is 82.8 cm³/mol. The SMILES string of the molecule is CCC1CCC(CN)(C(O)c2cc(Br)c(Br)o2)CC1. The van der Waals surface area contributed by atoms with Crippen LogP contribution in [0.5, 0.6) is 0 Å². The average molecular weight is 395 g/mol. The van der Waals surface area contributed by atoms with Gasteiger partial charge in [0.2, 0.25) is 0 Å². The molecule has 0 amide bonds. The van der Waals surface area contributed by atoms with E-state index in [1.807, 2.05) is 6.07 Å². The van der Waals surface area contributed by atoms with Gasteiger partial charge in [-0.25, -0.2) is 0 Å². The molecule has 3 N–H and O–H groups in total. The smallest absolute Gasteiger partial charge is 0.183 e. The van der Waals surface area contributed by atoms with Crippen molar-refractivity contribution in [3.63, 3.8) is 0 Å². The fourth-order valence-corrected chi connectivity index (χ4v) is 3.66. The summed E-state index contributed by atoms with van der Waals surface area (Å²) in [4.78, 5) is 0. The number of aliphatic hydroxyl groups is 1. The molecule has 2 rings (SSSR count). The molecule has 0 bridgehead atoms. The van der Waals surface area contributed by atoms with E-state index in [2.05, 4.69) is 38.8 Å². The molecule has 1 fully saturated rings. The number of aliphatic hydroxyl groups excluding tert-OH is 1. The van der Waals surface area contributed by atoms with Gasteiger partial charge in [-0.15, -0.1) is 0 Å². The maximum absolute atomic E-state index is 10.7. The molecule has 1 heterocycles. The molecule has 0 aliphatic heterocycles. The third-order valence-corrected chi connectivity index (χ3v) is 6.31. The van der Waals surface area contributed by atoms with Crippen molar-refractivity contribution in [3.05, 3.63) is 21.0 Å². The van der Waals surface area contributed by atoms with Gasteiger partial charge in [0, 0.05) is 12.0 Å². The zero-order valence-electron chi connectivity index (χ0n) is 11.2. The van der Waals surface area contributed by atoms with Gasteiger partial charge in [-0.05, 0) is 69.5 Å². The van der Waals surface area contributed by atoms with Crippen molar-refractivity contribution in [3.8, 4) is 0 Å². The van der Waals surface area contributed by atoms with Crippen LogP contribution in [0.15, 0.2) is 19.6 Å². The number of rotatable bonds is 4. The maximum atomic E-state index is 10.7. The highest BCUT2D eigenvalue weighted by molar-refractivity contribution is 9.13. The Morgan fingerprint density at radius 1 is 1.47 bits per heavy atom. The van der Waals surface area contributed by atoms with E-state index in [-0.39, 0.29) is 5.41 Å². The van der Waals surface area contributed by atoms with Crippen molar-refractivity contribution in [2.45, 2.75) is 45.1 Å². The van der Waals surface area contributed by atoms with Crippen LogP contribution in [-0.2, 0) is 0 Å². The van der Waals surface area contributed by atoms with E-state index >= 15 is 0 Å². The Kier molecular flexibility index (Phi) is 5.15. The topological polar surface area (TPSA) is 59.4 Å². The van der Waals surface area contributed by atoms with Crippen molar-refractivity contribution in [1.82, 2.24) is 0 Å². The first-order valence-electron chi connectivity index (χ1n) is 6.85. The van der Waals surface area contributed by atoms with E-state index in [1.54, 1.807) is 0 Å². The summed E-state index contributed by atoms with van der Waals surface area (Å²) < 4.78 is 7.02. The molecule has 1 aromatic rings. The molecule has 0 aromatic carbocycles. The lowest BCUT2D eigenvalue weighted by atomic mass is 9.66. The first-order valence-corrected chi connectivity index (χ1v) is 8.44. The van der Waals surface area contributed by atoms with Crippen LogP contribution in [0.25, 0.3) is 0 Å². The molecule has 1 aromatic heterocycles. The van der Waals surface area contributed by atoms with Gasteiger partial charge in [-0.1, -0.05) is 13.3 Å². The minimum Gasteiger partial charge on any atom is -0.450 e. The van der Waals surface area contributed by atoms with Crippen molar-refractivity contribution >= 4 is 31.9 Å². The summed E-state index contributed by atoms with van der Waals surface area (Å²) in [5.41, 5.74) is 5.75. The zero-order chi connectivity index (χ0) is 14.0. The van der Waals surface area contributed by atoms with Crippen LogP contribution in [0, 0.1) is 11.3 Å². The highest BCUT2D eigenvalue weighted by Gasteiger charge is 2.42. The molecule has 1 aliphatic rings. The quantitative estimate of drug-likeness (QED) is 0.796. The second kappa shape index (κ2) is 6.29. The van der Waals surface area contributed by atoms with Gasteiger partial charge in [0.25, 0.3) is 0 Å². The summed E-state index contributed by atoms with van der Waals surface area (Å²) in [5.74, 6) is 1.38. The van der Waals surface area contributed by atoms with Crippen molar-refractivity contribution in [2.24, 2.45) is 17.1 Å². The molecular formula is C14H21Br2NO2. The fourth-order valence-electron chi connectivity index (χ4n) is 3.05. The average Bonchev–Trinajstić information content (AvgIpc) is 2.78. The Balaban J connectivity index is 2.17. The van der Waals surface area contributed by atoms with E-state index in [1.165, 1.54) is 6.42 Å². The van der Waals surface area contributed by atoms with Gasteiger partial charge in [0.1, 0.15) is 11.9 Å². The molecule has 5 heteroatoms. The summed E-state index contributed by atoms with van der Waals surface area (Å²) >= 11 is 6.70. The zero-order valence-corrected chi connectivity index (χ0v) is 14.3. The van der Waals surface area contributed by atoms with Crippen LogP contribution >= 0.6 is 31.9 Å².